The van der Waals surface area contributed by atoms with Crippen LogP contribution in [0.15, 0.2) is 0 Å². The molecule has 3 nitrogen and oxygen atoms in total. The number of aliphatic carboxylic acids is 1. The van der Waals surface area contributed by atoms with Gasteiger partial charge in [0.2, 0.25) is 0 Å². The molecule has 1 aliphatic rings. The Hall–Kier alpha value is -0.570. The Balaban J connectivity index is 2.81. The molecule has 0 aromatic carbocycles. The molecule has 3 unspecified atom stereocenters. The fraction of sp³-hybridized carbons (Fsp3) is 0.917. The normalized spacial score (nSPS) is 36.5. The highest BCUT2D eigenvalue weighted by molar-refractivity contribution is 5.68. The second kappa shape index (κ2) is 4.97. The number of carbonyl (C=O) groups is 1. The Bertz CT molecular complexity index is 226. The predicted molar refractivity (Wildman–Crippen MR) is 60.8 cm³/mol. The van der Waals surface area contributed by atoms with Crippen LogP contribution in [0.3, 0.4) is 0 Å². The van der Waals surface area contributed by atoms with Gasteiger partial charge >= 0.3 is 5.97 Å². The topological polar surface area (TPSA) is 49.3 Å². The number of nitrogens with one attached hydrogen (secondary N) is 1. The van der Waals surface area contributed by atoms with Crippen LogP contribution in [0, 0.1) is 11.8 Å². The monoisotopic (exact) mass is 213 g/mol. The Labute approximate surface area is 92.3 Å². The van der Waals surface area contributed by atoms with Gasteiger partial charge in [0.25, 0.3) is 0 Å². The number of hydrogen-bond acceptors (Lipinski definition) is 2. The van der Waals surface area contributed by atoms with Crippen LogP contribution in [0.25, 0.3) is 0 Å². The Morgan fingerprint density at radius 1 is 1.53 bits per heavy atom. The van der Waals surface area contributed by atoms with Gasteiger partial charge in [-0.05, 0) is 24.8 Å². The van der Waals surface area contributed by atoms with E-state index in [0.717, 1.165) is 19.4 Å². The van der Waals surface area contributed by atoms with Gasteiger partial charge < -0.3 is 10.4 Å². The van der Waals surface area contributed by atoms with Crippen LogP contribution in [-0.4, -0.2) is 23.2 Å². The molecule has 2 N–H and O–H groups in total. The molecule has 0 heterocycles. The highest BCUT2D eigenvalue weighted by Gasteiger charge is 2.42. The van der Waals surface area contributed by atoms with Gasteiger partial charge in [0.15, 0.2) is 0 Å². The standard InChI is InChI=1S/C12H23NO2/c1-4-13-12(8-11(14)15)7-5-6-9(2)10(12)3/h9-10,13H,4-8H2,1-3H3,(H,14,15). The van der Waals surface area contributed by atoms with Crippen molar-refractivity contribution in [2.75, 3.05) is 6.54 Å². The molecule has 0 saturated heterocycles. The molecule has 1 saturated carbocycles. The lowest BCUT2D eigenvalue weighted by Gasteiger charge is -2.46. The van der Waals surface area contributed by atoms with Crippen molar-refractivity contribution < 1.29 is 9.90 Å². The lowest BCUT2D eigenvalue weighted by Crippen LogP contribution is -2.55. The maximum Gasteiger partial charge on any atom is 0.305 e. The van der Waals surface area contributed by atoms with Crippen LogP contribution >= 0.6 is 0 Å². The zero-order valence-corrected chi connectivity index (χ0v) is 10.0. The second-order valence-corrected chi connectivity index (χ2v) is 4.92. The quantitative estimate of drug-likeness (QED) is 0.753. The van der Waals surface area contributed by atoms with Crippen molar-refractivity contribution in [3.8, 4) is 0 Å². The van der Waals surface area contributed by atoms with Crippen molar-refractivity contribution in [2.45, 2.75) is 52.0 Å². The molecule has 0 aromatic rings. The summed E-state index contributed by atoms with van der Waals surface area (Å²) in [5.41, 5.74) is -0.168. The van der Waals surface area contributed by atoms with Gasteiger partial charge in [0, 0.05) is 5.54 Å². The van der Waals surface area contributed by atoms with E-state index in [1.54, 1.807) is 0 Å². The van der Waals surface area contributed by atoms with E-state index in [-0.39, 0.29) is 12.0 Å². The van der Waals surface area contributed by atoms with Gasteiger partial charge in [-0.1, -0.05) is 33.6 Å². The lowest BCUT2D eigenvalue weighted by molar-refractivity contribution is -0.140. The van der Waals surface area contributed by atoms with Crippen LogP contribution in [0.4, 0.5) is 0 Å². The highest BCUT2D eigenvalue weighted by Crippen LogP contribution is 2.39. The van der Waals surface area contributed by atoms with Gasteiger partial charge in [-0.15, -0.1) is 0 Å². The summed E-state index contributed by atoms with van der Waals surface area (Å²) in [5, 5.41) is 12.5. The molecule has 3 atom stereocenters. The average molecular weight is 213 g/mol. The van der Waals surface area contributed by atoms with Crippen LogP contribution in [-0.2, 0) is 4.79 Å². The molecule has 88 valence electrons. The van der Waals surface area contributed by atoms with Crippen molar-refractivity contribution in [1.29, 1.82) is 0 Å². The van der Waals surface area contributed by atoms with E-state index in [4.69, 9.17) is 5.11 Å². The molecular formula is C12H23NO2. The zero-order chi connectivity index (χ0) is 11.5. The fourth-order valence-electron chi connectivity index (χ4n) is 2.94. The predicted octanol–water partition coefficient (Wildman–Crippen LogP) is 2.27. The maximum absolute atomic E-state index is 11.0. The van der Waals surface area contributed by atoms with E-state index in [0.29, 0.717) is 11.8 Å². The van der Waals surface area contributed by atoms with Crippen molar-refractivity contribution in [3.63, 3.8) is 0 Å². The summed E-state index contributed by atoms with van der Waals surface area (Å²) >= 11 is 0. The van der Waals surface area contributed by atoms with E-state index in [9.17, 15) is 4.79 Å². The number of carboxylic acids is 1. The molecule has 0 amide bonds. The van der Waals surface area contributed by atoms with E-state index >= 15 is 0 Å². The number of carboxylic acid groups (broad SMARTS) is 1. The average Bonchev–Trinajstić information content (AvgIpc) is 2.13. The Morgan fingerprint density at radius 3 is 2.73 bits per heavy atom. The minimum absolute atomic E-state index is 0.168. The van der Waals surface area contributed by atoms with E-state index in [2.05, 4.69) is 26.1 Å². The lowest BCUT2D eigenvalue weighted by atomic mass is 9.67. The molecule has 0 radical (unpaired) electrons. The third kappa shape index (κ3) is 2.71. The number of hydrogen-bond donors (Lipinski definition) is 2. The van der Waals surface area contributed by atoms with Crippen LogP contribution < -0.4 is 5.32 Å². The Kier molecular flexibility index (Phi) is 4.14. The van der Waals surface area contributed by atoms with E-state index < -0.39 is 5.97 Å². The van der Waals surface area contributed by atoms with Crippen molar-refractivity contribution >= 4 is 5.97 Å². The minimum atomic E-state index is -0.683. The molecule has 1 rings (SSSR count). The van der Waals surface area contributed by atoms with Crippen LogP contribution in [0.2, 0.25) is 0 Å². The van der Waals surface area contributed by atoms with Gasteiger partial charge in [-0.2, -0.15) is 0 Å². The fourth-order valence-corrected chi connectivity index (χ4v) is 2.94. The molecule has 3 heteroatoms. The summed E-state index contributed by atoms with van der Waals surface area (Å²) in [6.07, 6.45) is 3.63. The first kappa shape index (κ1) is 12.5. The SMILES string of the molecule is CCNC1(CC(=O)O)CCCC(C)C1C. The molecule has 0 bridgehead atoms. The first-order valence-electron chi connectivity index (χ1n) is 5.98. The summed E-state index contributed by atoms with van der Waals surface area (Å²) in [4.78, 5) is 11.0. The summed E-state index contributed by atoms with van der Waals surface area (Å²) in [7, 11) is 0. The molecule has 1 aliphatic carbocycles. The smallest absolute Gasteiger partial charge is 0.305 e. The molecule has 15 heavy (non-hydrogen) atoms. The van der Waals surface area contributed by atoms with Crippen molar-refractivity contribution in [3.05, 3.63) is 0 Å². The largest absolute Gasteiger partial charge is 0.481 e. The van der Waals surface area contributed by atoms with E-state index in [1.165, 1.54) is 6.42 Å². The number of rotatable bonds is 4. The summed E-state index contributed by atoms with van der Waals surface area (Å²) in [6, 6.07) is 0. The van der Waals surface area contributed by atoms with Crippen LogP contribution in [0.1, 0.15) is 46.5 Å². The minimum Gasteiger partial charge on any atom is -0.481 e. The first-order valence-corrected chi connectivity index (χ1v) is 5.98. The van der Waals surface area contributed by atoms with Crippen molar-refractivity contribution in [1.82, 2.24) is 5.32 Å². The summed E-state index contributed by atoms with van der Waals surface area (Å²) in [6.45, 7) is 7.33. The molecular weight excluding hydrogens is 190 g/mol. The molecule has 0 spiro atoms. The Morgan fingerprint density at radius 2 is 2.20 bits per heavy atom. The maximum atomic E-state index is 11.0. The van der Waals surface area contributed by atoms with Crippen molar-refractivity contribution in [2.24, 2.45) is 11.8 Å². The third-order valence-electron chi connectivity index (χ3n) is 4.00. The molecule has 0 aliphatic heterocycles. The first-order chi connectivity index (χ1) is 7.02. The molecule has 0 aromatic heterocycles. The highest BCUT2D eigenvalue weighted by atomic mass is 16.4. The van der Waals surface area contributed by atoms with Gasteiger partial charge in [-0.3, -0.25) is 4.79 Å². The van der Waals surface area contributed by atoms with Crippen LogP contribution in [0.5, 0.6) is 0 Å². The summed E-state index contributed by atoms with van der Waals surface area (Å²) in [5.74, 6) is 0.386. The van der Waals surface area contributed by atoms with E-state index in [1.807, 2.05) is 0 Å². The van der Waals surface area contributed by atoms with Gasteiger partial charge in [0.05, 0.1) is 6.42 Å². The third-order valence-corrected chi connectivity index (χ3v) is 4.00. The summed E-state index contributed by atoms with van der Waals surface area (Å²) < 4.78 is 0. The molecule has 1 fully saturated rings. The second-order valence-electron chi connectivity index (χ2n) is 4.92. The zero-order valence-electron chi connectivity index (χ0n) is 10.0. The van der Waals surface area contributed by atoms with Gasteiger partial charge in [0.1, 0.15) is 0 Å². The van der Waals surface area contributed by atoms with Gasteiger partial charge in [-0.25, -0.2) is 0 Å².